The van der Waals surface area contributed by atoms with Gasteiger partial charge in [0.15, 0.2) is 11.5 Å². The van der Waals surface area contributed by atoms with Crippen molar-refractivity contribution in [2.45, 2.75) is 45.0 Å². The summed E-state index contributed by atoms with van der Waals surface area (Å²) in [4.78, 5) is 0. The number of ether oxygens (including phenoxy) is 3. The number of methoxy groups -OCH3 is 3. The molecular weight excluding hydrogens is 408 g/mol. The fourth-order valence-corrected chi connectivity index (χ4v) is 3.92. The summed E-state index contributed by atoms with van der Waals surface area (Å²) in [5.41, 5.74) is 1.18. The van der Waals surface area contributed by atoms with Crippen LogP contribution in [0.2, 0.25) is 23.2 Å². The second-order valence-electron chi connectivity index (χ2n) is 8.41. The molecule has 29 heavy (non-hydrogen) atoms. The number of halogens is 1. The molecule has 0 aliphatic rings. The minimum absolute atomic E-state index is 0.0153. The molecule has 0 amide bonds. The predicted molar refractivity (Wildman–Crippen MR) is 119 cm³/mol. The van der Waals surface area contributed by atoms with Gasteiger partial charge in [-0.2, -0.15) is 0 Å². The number of benzene rings is 2. The molecule has 2 aromatic carbocycles. The second-order valence-corrected chi connectivity index (χ2v) is 13.6. The van der Waals surface area contributed by atoms with Crippen LogP contribution in [0.5, 0.6) is 23.0 Å². The summed E-state index contributed by atoms with van der Waals surface area (Å²) in [6, 6.07) is 8.78. The first kappa shape index (κ1) is 23.4. The van der Waals surface area contributed by atoms with E-state index in [-0.39, 0.29) is 5.04 Å². The highest BCUT2D eigenvalue weighted by Crippen LogP contribution is 2.44. The fourth-order valence-electron chi connectivity index (χ4n) is 2.69. The van der Waals surface area contributed by atoms with Crippen LogP contribution in [0.25, 0.3) is 0 Å². The fraction of sp³-hybridized carbons (Fsp3) is 0.455. The summed E-state index contributed by atoms with van der Waals surface area (Å²) in [5.74, 6) is 2.03. The third-order valence-electron chi connectivity index (χ3n) is 5.44. The maximum Gasteiger partial charge on any atom is 0.250 e. The molecule has 0 aliphatic heterocycles. The Morgan fingerprint density at radius 2 is 1.45 bits per heavy atom. The second kappa shape index (κ2) is 8.86. The summed E-state index contributed by atoms with van der Waals surface area (Å²) in [7, 11) is 2.51. The first-order chi connectivity index (χ1) is 13.4. The minimum atomic E-state index is -2.12. The lowest BCUT2D eigenvalue weighted by molar-refractivity contribution is 0.215. The molecule has 0 aliphatic carbocycles. The van der Waals surface area contributed by atoms with Crippen molar-refractivity contribution in [3.8, 4) is 23.0 Å². The summed E-state index contributed by atoms with van der Waals surface area (Å²) in [6.07, 6.45) is -0.984. The highest BCUT2D eigenvalue weighted by Gasteiger charge is 2.39. The van der Waals surface area contributed by atoms with Gasteiger partial charge in [0.2, 0.25) is 14.1 Å². The number of hydrogen-bond acceptors (Lipinski definition) is 5. The molecule has 2 rings (SSSR count). The monoisotopic (exact) mass is 438 g/mol. The van der Waals surface area contributed by atoms with Crippen molar-refractivity contribution < 1.29 is 23.7 Å². The van der Waals surface area contributed by atoms with Gasteiger partial charge < -0.3 is 23.7 Å². The number of aliphatic hydroxyl groups excluding tert-OH is 1. The van der Waals surface area contributed by atoms with Crippen molar-refractivity contribution in [3.63, 3.8) is 0 Å². The average molecular weight is 439 g/mol. The van der Waals surface area contributed by atoms with E-state index in [0.29, 0.717) is 39.1 Å². The summed E-state index contributed by atoms with van der Waals surface area (Å²) < 4.78 is 22.7. The zero-order chi connectivity index (χ0) is 22.0. The van der Waals surface area contributed by atoms with Gasteiger partial charge in [0.1, 0.15) is 11.9 Å². The van der Waals surface area contributed by atoms with Crippen molar-refractivity contribution in [2.75, 3.05) is 21.3 Å². The van der Waals surface area contributed by atoms with Crippen molar-refractivity contribution in [1.82, 2.24) is 0 Å². The van der Waals surface area contributed by atoms with Crippen LogP contribution in [-0.4, -0.2) is 34.8 Å². The molecule has 0 radical (unpaired) electrons. The SMILES string of the molecule is COc1cc(C(O)c2cc(Cl)ccc2O[Si](C)(C)C(C)(C)C)cc(OC)c1OC. The van der Waals surface area contributed by atoms with E-state index in [4.69, 9.17) is 30.2 Å². The molecular formula is C22H31ClO5Si. The van der Waals surface area contributed by atoms with Crippen LogP contribution in [0.1, 0.15) is 38.0 Å². The maximum atomic E-state index is 11.2. The highest BCUT2D eigenvalue weighted by molar-refractivity contribution is 6.74. The smallest absolute Gasteiger partial charge is 0.250 e. The van der Waals surface area contributed by atoms with E-state index in [1.165, 1.54) is 0 Å². The Labute approximate surface area is 179 Å². The van der Waals surface area contributed by atoms with Crippen LogP contribution in [0, 0.1) is 0 Å². The molecule has 0 saturated carbocycles. The Kier molecular flexibility index (Phi) is 7.14. The number of hydrogen-bond donors (Lipinski definition) is 1. The van der Waals surface area contributed by atoms with E-state index in [0.717, 1.165) is 0 Å². The quantitative estimate of drug-likeness (QED) is 0.551. The molecule has 5 nitrogen and oxygen atoms in total. The Bertz CT molecular complexity index is 836. The van der Waals surface area contributed by atoms with Gasteiger partial charge in [0.25, 0.3) is 0 Å². The first-order valence-corrected chi connectivity index (χ1v) is 12.7. The predicted octanol–water partition coefficient (Wildman–Crippen LogP) is 5.83. The van der Waals surface area contributed by atoms with Crippen LogP contribution >= 0.6 is 11.6 Å². The van der Waals surface area contributed by atoms with E-state index >= 15 is 0 Å². The van der Waals surface area contributed by atoms with Crippen LogP contribution in [0.4, 0.5) is 0 Å². The molecule has 0 bridgehead atoms. The lowest BCUT2D eigenvalue weighted by Gasteiger charge is -2.37. The zero-order valence-corrected chi connectivity index (χ0v) is 20.2. The van der Waals surface area contributed by atoms with E-state index in [9.17, 15) is 5.11 Å². The maximum absolute atomic E-state index is 11.2. The Hall–Kier alpha value is -1.89. The highest BCUT2D eigenvalue weighted by atomic mass is 35.5. The van der Waals surface area contributed by atoms with Gasteiger partial charge in [-0.15, -0.1) is 0 Å². The van der Waals surface area contributed by atoms with Crippen molar-refractivity contribution >= 4 is 19.9 Å². The van der Waals surface area contributed by atoms with E-state index in [1.807, 2.05) is 6.07 Å². The molecule has 1 atom stereocenters. The first-order valence-electron chi connectivity index (χ1n) is 9.41. The third-order valence-corrected chi connectivity index (χ3v) is 10.0. The van der Waals surface area contributed by atoms with E-state index in [2.05, 4.69) is 33.9 Å². The molecule has 0 fully saturated rings. The van der Waals surface area contributed by atoms with Crippen LogP contribution in [0.15, 0.2) is 30.3 Å². The van der Waals surface area contributed by atoms with Gasteiger partial charge in [0, 0.05) is 10.6 Å². The molecule has 0 saturated heterocycles. The lowest BCUT2D eigenvalue weighted by Crippen LogP contribution is -2.44. The topological polar surface area (TPSA) is 57.2 Å². The molecule has 160 valence electrons. The number of rotatable bonds is 7. The number of aliphatic hydroxyl groups is 1. The standard InChI is InChI=1S/C22H31ClO5Si/c1-22(2,3)29(7,8)28-17-10-9-15(23)13-16(17)20(24)14-11-18(25-4)21(27-6)19(12-14)26-5/h9-13,20,24H,1-8H3. The molecule has 0 aromatic heterocycles. The van der Waals surface area contributed by atoms with Gasteiger partial charge in [-0.1, -0.05) is 32.4 Å². The Morgan fingerprint density at radius 3 is 1.90 bits per heavy atom. The van der Waals surface area contributed by atoms with Gasteiger partial charge in [-0.05, 0) is 54.0 Å². The average Bonchev–Trinajstić information content (AvgIpc) is 2.66. The molecule has 7 heteroatoms. The molecule has 0 spiro atoms. The molecule has 2 aromatic rings. The summed E-state index contributed by atoms with van der Waals surface area (Å²) in [6.45, 7) is 10.8. The minimum Gasteiger partial charge on any atom is -0.543 e. The lowest BCUT2D eigenvalue weighted by atomic mass is 9.99. The Balaban J connectivity index is 2.56. The summed E-state index contributed by atoms with van der Waals surface area (Å²) in [5, 5.41) is 11.8. The largest absolute Gasteiger partial charge is 0.543 e. The van der Waals surface area contributed by atoms with Gasteiger partial charge in [-0.25, -0.2) is 0 Å². The Morgan fingerprint density at radius 1 is 0.897 bits per heavy atom. The van der Waals surface area contributed by atoms with Crippen molar-refractivity contribution in [3.05, 3.63) is 46.5 Å². The molecule has 1 unspecified atom stereocenters. The summed E-state index contributed by atoms with van der Waals surface area (Å²) >= 11 is 6.25. The van der Waals surface area contributed by atoms with Crippen LogP contribution in [0.3, 0.4) is 0 Å². The molecule has 1 N–H and O–H groups in total. The van der Waals surface area contributed by atoms with E-state index < -0.39 is 14.4 Å². The van der Waals surface area contributed by atoms with E-state index in [1.54, 1.807) is 45.6 Å². The third kappa shape index (κ3) is 5.00. The van der Waals surface area contributed by atoms with Crippen LogP contribution < -0.4 is 18.6 Å². The normalized spacial score (nSPS) is 13.0. The van der Waals surface area contributed by atoms with Gasteiger partial charge in [0.05, 0.1) is 21.3 Å². The van der Waals surface area contributed by atoms with Gasteiger partial charge >= 0.3 is 0 Å². The van der Waals surface area contributed by atoms with Crippen molar-refractivity contribution in [1.29, 1.82) is 0 Å². The van der Waals surface area contributed by atoms with Crippen LogP contribution in [-0.2, 0) is 0 Å². The molecule has 0 heterocycles. The van der Waals surface area contributed by atoms with Gasteiger partial charge in [-0.3, -0.25) is 0 Å². The zero-order valence-electron chi connectivity index (χ0n) is 18.4. The van der Waals surface area contributed by atoms with Crippen molar-refractivity contribution in [2.24, 2.45) is 0 Å².